The molecule has 6 nitrogen and oxygen atoms in total. The molecular formula is C20H24N4O2S. The van der Waals surface area contributed by atoms with Crippen molar-refractivity contribution in [2.45, 2.75) is 39.1 Å². The predicted octanol–water partition coefficient (Wildman–Crippen LogP) is 3.47. The van der Waals surface area contributed by atoms with Crippen molar-refractivity contribution in [2.75, 3.05) is 13.7 Å². The first kappa shape index (κ1) is 18.2. The Labute approximate surface area is 163 Å². The molecule has 1 N–H and O–H groups in total. The lowest BCUT2D eigenvalue weighted by molar-refractivity contribution is 0.193. The van der Waals surface area contributed by atoms with Gasteiger partial charge in [0.15, 0.2) is 0 Å². The summed E-state index contributed by atoms with van der Waals surface area (Å²) in [6.07, 6.45) is 2.49. The van der Waals surface area contributed by atoms with Gasteiger partial charge in [-0.1, -0.05) is 12.1 Å². The number of hydrogen-bond donors (Lipinski definition) is 1. The lowest BCUT2D eigenvalue weighted by atomic mass is 10.2. The standard InChI is InChI=1S/C20H24N4O2S/c1-14(25)18-10-15-12-23(8-5-9-24(15)22-18)13-16-11-21-20(27-16)17-6-3-4-7-19(17)26-2/h3-4,6-7,10-11,14,25H,5,8-9,12-13H2,1-2H3/t14-/m1/s1. The van der Waals surface area contributed by atoms with Crippen LogP contribution in [0.4, 0.5) is 0 Å². The number of para-hydroxylation sites is 1. The molecule has 3 aromatic rings. The smallest absolute Gasteiger partial charge is 0.129 e. The van der Waals surface area contributed by atoms with E-state index in [0.29, 0.717) is 0 Å². The van der Waals surface area contributed by atoms with E-state index in [-0.39, 0.29) is 0 Å². The van der Waals surface area contributed by atoms with Gasteiger partial charge in [0.05, 0.1) is 30.2 Å². The average Bonchev–Trinajstić information content (AvgIpc) is 3.25. The molecule has 142 valence electrons. The van der Waals surface area contributed by atoms with Gasteiger partial charge in [0, 0.05) is 37.3 Å². The number of nitrogens with zero attached hydrogens (tertiary/aromatic N) is 4. The number of rotatable bonds is 5. The Morgan fingerprint density at radius 2 is 2.15 bits per heavy atom. The number of hydrogen-bond acceptors (Lipinski definition) is 6. The van der Waals surface area contributed by atoms with Crippen LogP contribution in [0.3, 0.4) is 0 Å². The van der Waals surface area contributed by atoms with Crippen molar-refractivity contribution in [3.05, 3.63) is 52.8 Å². The van der Waals surface area contributed by atoms with Crippen LogP contribution >= 0.6 is 11.3 Å². The molecule has 2 aromatic heterocycles. The first-order chi connectivity index (χ1) is 13.1. The minimum atomic E-state index is -0.525. The molecule has 0 amide bonds. The van der Waals surface area contributed by atoms with Crippen LogP contribution in [-0.4, -0.2) is 38.4 Å². The van der Waals surface area contributed by atoms with Crippen LogP contribution in [0.25, 0.3) is 10.6 Å². The molecule has 1 aliphatic heterocycles. The van der Waals surface area contributed by atoms with Gasteiger partial charge in [0.2, 0.25) is 0 Å². The van der Waals surface area contributed by atoms with Gasteiger partial charge in [0.25, 0.3) is 0 Å². The zero-order chi connectivity index (χ0) is 18.8. The van der Waals surface area contributed by atoms with Crippen molar-refractivity contribution in [3.8, 4) is 16.3 Å². The minimum absolute atomic E-state index is 0.525. The van der Waals surface area contributed by atoms with E-state index in [1.165, 1.54) is 4.88 Å². The number of benzene rings is 1. The molecule has 0 aliphatic carbocycles. The molecule has 3 heterocycles. The number of thiazole rings is 1. The number of aryl methyl sites for hydroxylation is 1. The van der Waals surface area contributed by atoms with E-state index >= 15 is 0 Å². The molecule has 1 aromatic carbocycles. The quantitative estimate of drug-likeness (QED) is 0.730. The fraction of sp³-hybridized carbons (Fsp3) is 0.400. The maximum absolute atomic E-state index is 9.79. The van der Waals surface area contributed by atoms with Crippen molar-refractivity contribution < 1.29 is 9.84 Å². The highest BCUT2D eigenvalue weighted by molar-refractivity contribution is 7.15. The second-order valence-electron chi connectivity index (χ2n) is 6.86. The minimum Gasteiger partial charge on any atom is -0.496 e. The lowest BCUT2D eigenvalue weighted by Gasteiger charge is -2.18. The van der Waals surface area contributed by atoms with Gasteiger partial charge in [-0.05, 0) is 31.5 Å². The summed E-state index contributed by atoms with van der Waals surface area (Å²) in [5.74, 6) is 0.850. The maximum Gasteiger partial charge on any atom is 0.129 e. The largest absolute Gasteiger partial charge is 0.496 e. The van der Waals surface area contributed by atoms with E-state index in [1.54, 1.807) is 25.4 Å². The van der Waals surface area contributed by atoms with E-state index in [9.17, 15) is 5.11 Å². The topological polar surface area (TPSA) is 63.4 Å². The Bertz CT molecular complexity index is 918. The Hall–Kier alpha value is -2.22. The Morgan fingerprint density at radius 3 is 2.96 bits per heavy atom. The number of methoxy groups -OCH3 is 1. The third kappa shape index (κ3) is 3.90. The summed E-state index contributed by atoms with van der Waals surface area (Å²) in [4.78, 5) is 8.28. The average molecular weight is 385 g/mol. The molecule has 1 aliphatic rings. The second kappa shape index (κ2) is 7.80. The monoisotopic (exact) mass is 384 g/mol. The molecule has 0 saturated heterocycles. The van der Waals surface area contributed by atoms with Gasteiger partial charge in [0.1, 0.15) is 10.8 Å². The maximum atomic E-state index is 9.79. The first-order valence-corrected chi connectivity index (χ1v) is 10.0. The highest BCUT2D eigenvalue weighted by Gasteiger charge is 2.19. The van der Waals surface area contributed by atoms with Crippen molar-refractivity contribution in [2.24, 2.45) is 0 Å². The molecule has 4 rings (SSSR count). The molecule has 0 saturated carbocycles. The predicted molar refractivity (Wildman–Crippen MR) is 106 cm³/mol. The van der Waals surface area contributed by atoms with Crippen LogP contribution in [0.15, 0.2) is 36.5 Å². The molecule has 0 spiro atoms. The van der Waals surface area contributed by atoms with Gasteiger partial charge in [-0.25, -0.2) is 4.98 Å². The number of aromatic nitrogens is 3. The highest BCUT2D eigenvalue weighted by Crippen LogP contribution is 2.33. The second-order valence-corrected chi connectivity index (χ2v) is 7.97. The van der Waals surface area contributed by atoms with E-state index < -0.39 is 6.10 Å². The molecule has 0 unspecified atom stereocenters. The van der Waals surface area contributed by atoms with Crippen molar-refractivity contribution >= 4 is 11.3 Å². The fourth-order valence-corrected chi connectivity index (χ4v) is 4.42. The molecule has 1 atom stereocenters. The fourth-order valence-electron chi connectivity index (χ4n) is 3.44. The van der Waals surface area contributed by atoms with Crippen molar-refractivity contribution in [3.63, 3.8) is 0 Å². The van der Waals surface area contributed by atoms with Gasteiger partial charge in [-0.15, -0.1) is 11.3 Å². The third-order valence-electron chi connectivity index (χ3n) is 4.81. The normalized spacial score (nSPS) is 16.0. The number of ether oxygens (including phenoxy) is 1. The van der Waals surface area contributed by atoms with Gasteiger partial charge in [-0.2, -0.15) is 5.10 Å². The Balaban J connectivity index is 1.50. The SMILES string of the molecule is COc1ccccc1-c1ncc(CN2CCCn3nc([C@@H](C)O)cc3C2)s1. The van der Waals surface area contributed by atoms with Crippen LogP contribution in [0.2, 0.25) is 0 Å². The summed E-state index contributed by atoms with van der Waals surface area (Å²) in [6.45, 7) is 5.38. The van der Waals surface area contributed by atoms with Gasteiger partial charge >= 0.3 is 0 Å². The summed E-state index contributed by atoms with van der Waals surface area (Å²) in [7, 11) is 1.69. The zero-order valence-electron chi connectivity index (χ0n) is 15.6. The zero-order valence-corrected chi connectivity index (χ0v) is 16.4. The number of aliphatic hydroxyl groups excluding tert-OH is 1. The summed E-state index contributed by atoms with van der Waals surface area (Å²) >= 11 is 1.71. The Morgan fingerprint density at radius 1 is 1.30 bits per heavy atom. The first-order valence-electron chi connectivity index (χ1n) is 9.19. The summed E-state index contributed by atoms with van der Waals surface area (Å²) in [6, 6.07) is 10.0. The van der Waals surface area contributed by atoms with Crippen molar-refractivity contribution in [1.29, 1.82) is 0 Å². The lowest BCUT2D eigenvalue weighted by Crippen LogP contribution is -2.22. The molecule has 7 heteroatoms. The highest BCUT2D eigenvalue weighted by atomic mass is 32.1. The van der Waals surface area contributed by atoms with Crippen LogP contribution < -0.4 is 4.74 Å². The van der Waals surface area contributed by atoms with Gasteiger partial charge < -0.3 is 9.84 Å². The van der Waals surface area contributed by atoms with Crippen LogP contribution in [0, 0.1) is 0 Å². The molecule has 0 fully saturated rings. The van der Waals surface area contributed by atoms with Crippen LogP contribution in [0.5, 0.6) is 5.75 Å². The van der Waals surface area contributed by atoms with E-state index in [1.807, 2.05) is 41.2 Å². The molecule has 27 heavy (non-hydrogen) atoms. The summed E-state index contributed by atoms with van der Waals surface area (Å²) in [5, 5.41) is 15.3. The van der Waals surface area contributed by atoms with E-state index in [2.05, 4.69) is 15.0 Å². The van der Waals surface area contributed by atoms with E-state index in [0.717, 1.165) is 60.3 Å². The number of aliphatic hydroxyl groups is 1. The number of fused-ring (bicyclic) bond motifs is 1. The molecule has 0 bridgehead atoms. The summed E-state index contributed by atoms with van der Waals surface area (Å²) < 4.78 is 7.50. The Kier molecular flexibility index (Phi) is 5.24. The van der Waals surface area contributed by atoms with E-state index in [4.69, 9.17) is 4.74 Å². The molecule has 0 radical (unpaired) electrons. The van der Waals surface area contributed by atoms with Crippen LogP contribution in [-0.2, 0) is 19.6 Å². The van der Waals surface area contributed by atoms with Crippen LogP contribution in [0.1, 0.15) is 35.7 Å². The van der Waals surface area contributed by atoms with Crippen molar-refractivity contribution in [1.82, 2.24) is 19.7 Å². The van der Waals surface area contributed by atoms with Gasteiger partial charge in [-0.3, -0.25) is 9.58 Å². The molecular weight excluding hydrogens is 360 g/mol. The summed E-state index contributed by atoms with van der Waals surface area (Å²) in [5.41, 5.74) is 2.95. The third-order valence-corrected chi connectivity index (χ3v) is 5.83.